The maximum absolute atomic E-state index is 5.20. The van der Waals surface area contributed by atoms with Crippen molar-refractivity contribution in [3.63, 3.8) is 0 Å². The maximum Gasteiger partial charge on any atom is 1.00 e. The zero-order chi connectivity index (χ0) is 6.41. The van der Waals surface area contributed by atoms with Gasteiger partial charge in [-0.3, -0.25) is 0 Å². The Balaban J connectivity index is -0.000000245. The van der Waals surface area contributed by atoms with Gasteiger partial charge in [-0.2, -0.15) is 0 Å². The van der Waals surface area contributed by atoms with Crippen LogP contribution in [0.1, 0.15) is 15.3 Å². The molecule has 0 aliphatic carbocycles. The van der Waals surface area contributed by atoms with E-state index in [0.29, 0.717) is 0 Å². The van der Waals surface area contributed by atoms with Gasteiger partial charge in [0.15, 0.2) is 0 Å². The van der Waals surface area contributed by atoms with E-state index in [1.807, 2.05) is 20.4 Å². The van der Waals surface area contributed by atoms with E-state index in [1.165, 1.54) is 0 Å². The Morgan fingerprint density at radius 3 is 1.78 bits per heavy atom. The molecule has 0 spiro atoms. The summed E-state index contributed by atoms with van der Waals surface area (Å²) < 4.78 is 10.4. The van der Waals surface area contributed by atoms with Crippen molar-refractivity contribution in [3.8, 4) is 0 Å². The van der Waals surface area contributed by atoms with Crippen LogP contribution in [0.5, 0.6) is 0 Å². The van der Waals surface area contributed by atoms with E-state index in [2.05, 4.69) is 0 Å². The van der Waals surface area contributed by atoms with E-state index in [4.69, 9.17) is 8.85 Å². The van der Waals surface area contributed by atoms with Crippen LogP contribution in [0.25, 0.3) is 0 Å². The Morgan fingerprint density at radius 2 is 1.56 bits per heavy atom. The minimum absolute atomic E-state index is 0. The average Bonchev–Trinajstić information content (AvgIpc) is 1.68. The first-order valence-electron chi connectivity index (χ1n) is 3.04. The van der Waals surface area contributed by atoms with Gasteiger partial charge >= 0.3 is 38.8 Å². The maximum atomic E-state index is 5.20. The molecular weight excluding hydrogens is 143 g/mol. The molecule has 0 atom stereocenters. The van der Waals surface area contributed by atoms with E-state index in [1.54, 1.807) is 0 Å². The van der Waals surface area contributed by atoms with E-state index >= 15 is 0 Å². The molecule has 0 aliphatic rings. The summed E-state index contributed by atoms with van der Waals surface area (Å²) in [5, 5.41) is 0. The number of hydrogen-bond donors (Lipinski definition) is 0. The fourth-order valence-electron chi connectivity index (χ4n) is 0.518. The fourth-order valence-corrected chi connectivity index (χ4v) is 1.55. The quantitative estimate of drug-likeness (QED) is 0.442. The normalized spacial score (nSPS) is 9.33. The average molecular weight is 158 g/mol. The Kier molecular flexibility index (Phi) is 13.0. The third-order valence-corrected chi connectivity index (χ3v) is 2.41. The second kappa shape index (κ2) is 9.14. The third-order valence-electron chi connectivity index (χ3n) is 0.803. The van der Waals surface area contributed by atoms with Gasteiger partial charge in [0.2, 0.25) is 0 Å². The van der Waals surface area contributed by atoms with Crippen molar-refractivity contribution in [2.45, 2.75) is 20.4 Å². The van der Waals surface area contributed by atoms with Gasteiger partial charge in [-0.15, -0.1) is 0 Å². The molecule has 9 heavy (non-hydrogen) atoms. The van der Waals surface area contributed by atoms with Crippen LogP contribution in [0.15, 0.2) is 0 Å². The molecule has 52 valence electrons. The molecule has 0 N–H and O–H groups in total. The van der Waals surface area contributed by atoms with Crippen molar-refractivity contribution < 1.29 is 39.8 Å². The molecule has 2 nitrogen and oxygen atoms in total. The topological polar surface area (TPSA) is 18.5 Å². The van der Waals surface area contributed by atoms with Crippen molar-refractivity contribution in [2.75, 3.05) is 13.2 Å². The van der Waals surface area contributed by atoms with E-state index in [0.717, 1.165) is 13.2 Å². The van der Waals surface area contributed by atoms with Crippen LogP contribution in [0.3, 0.4) is 0 Å². The summed E-state index contributed by atoms with van der Waals surface area (Å²) in [5.74, 6) is 0. The van der Waals surface area contributed by atoms with Gasteiger partial charge < -0.3 is 10.3 Å². The summed E-state index contributed by atoms with van der Waals surface area (Å²) in [6, 6.07) is 0. The van der Waals surface area contributed by atoms with Crippen molar-refractivity contribution in [2.24, 2.45) is 0 Å². The van der Waals surface area contributed by atoms with E-state index in [-0.39, 0.29) is 31.0 Å². The van der Waals surface area contributed by atoms with Crippen molar-refractivity contribution in [1.82, 2.24) is 0 Å². The standard InChI is InChI=1S/C5H14O2Si.Na.H/c1-4-6-8(3)7-5-2;;/h8H,4-5H2,1-3H3;;/q;+1;-1. The Bertz CT molecular complexity index is 52.9. The predicted octanol–water partition coefficient (Wildman–Crippen LogP) is -1.97. The van der Waals surface area contributed by atoms with Crippen LogP contribution >= 0.6 is 0 Å². The van der Waals surface area contributed by atoms with Crippen LogP contribution < -0.4 is 29.6 Å². The molecule has 0 heterocycles. The van der Waals surface area contributed by atoms with Gasteiger partial charge in [-0.25, -0.2) is 0 Å². The molecule has 0 bridgehead atoms. The molecular formula is C5H15NaO2Si. The molecule has 0 radical (unpaired) electrons. The third kappa shape index (κ3) is 9.14. The molecule has 0 aromatic heterocycles. The van der Waals surface area contributed by atoms with Gasteiger partial charge in [-0.1, -0.05) is 0 Å². The molecule has 0 saturated heterocycles. The second-order valence-electron chi connectivity index (χ2n) is 1.48. The summed E-state index contributed by atoms with van der Waals surface area (Å²) in [6.45, 7) is 7.58. The zero-order valence-electron chi connectivity index (χ0n) is 7.81. The number of rotatable bonds is 4. The molecule has 0 saturated carbocycles. The van der Waals surface area contributed by atoms with Gasteiger partial charge in [0.25, 0.3) is 0 Å². The molecule has 0 rings (SSSR count). The van der Waals surface area contributed by atoms with E-state index in [9.17, 15) is 0 Å². The van der Waals surface area contributed by atoms with Crippen LogP contribution in [0.4, 0.5) is 0 Å². The largest absolute Gasteiger partial charge is 1.00 e. The molecule has 0 aromatic carbocycles. The minimum Gasteiger partial charge on any atom is -1.00 e. The first-order chi connectivity index (χ1) is 3.81. The summed E-state index contributed by atoms with van der Waals surface area (Å²) in [6.07, 6.45) is 0. The smallest absolute Gasteiger partial charge is 1.00 e. The van der Waals surface area contributed by atoms with Crippen molar-refractivity contribution in [1.29, 1.82) is 0 Å². The summed E-state index contributed by atoms with van der Waals surface area (Å²) in [4.78, 5) is 0. The SMILES string of the molecule is CCO[SiH](C)OCC.[H-].[Na+]. The van der Waals surface area contributed by atoms with Gasteiger partial charge in [0.1, 0.15) is 0 Å². The van der Waals surface area contributed by atoms with Crippen LogP contribution in [0.2, 0.25) is 6.55 Å². The van der Waals surface area contributed by atoms with Crippen molar-refractivity contribution >= 4 is 9.28 Å². The first kappa shape index (κ1) is 12.8. The molecule has 0 fully saturated rings. The Hall–Kier alpha value is 1.14. The van der Waals surface area contributed by atoms with Gasteiger partial charge in [0.05, 0.1) is 0 Å². The molecule has 0 unspecified atom stereocenters. The van der Waals surface area contributed by atoms with Crippen LogP contribution in [0, 0.1) is 0 Å². The monoisotopic (exact) mass is 158 g/mol. The number of hydrogen-bond acceptors (Lipinski definition) is 2. The summed E-state index contributed by atoms with van der Waals surface area (Å²) >= 11 is 0. The van der Waals surface area contributed by atoms with Gasteiger partial charge in [-0.05, 0) is 20.4 Å². The Labute approximate surface area is 82.5 Å². The fraction of sp³-hybridized carbons (Fsp3) is 1.00. The summed E-state index contributed by atoms with van der Waals surface area (Å²) in [5.41, 5.74) is 0. The van der Waals surface area contributed by atoms with Crippen LogP contribution in [-0.2, 0) is 8.85 Å². The van der Waals surface area contributed by atoms with Crippen molar-refractivity contribution in [3.05, 3.63) is 0 Å². The zero-order valence-corrected chi connectivity index (χ0v) is 9.96. The minimum atomic E-state index is -1.20. The molecule has 4 heteroatoms. The Morgan fingerprint density at radius 1 is 1.22 bits per heavy atom. The van der Waals surface area contributed by atoms with Gasteiger partial charge in [0, 0.05) is 13.2 Å². The molecule has 0 aliphatic heterocycles. The molecule has 0 amide bonds. The summed E-state index contributed by atoms with van der Waals surface area (Å²) in [7, 11) is -1.20. The first-order valence-corrected chi connectivity index (χ1v) is 5.14. The second-order valence-corrected chi connectivity index (χ2v) is 3.28. The molecule has 0 aromatic rings. The van der Waals surface area contributed by atoms with E-state index < -0.39 is 9.28 Å². The van der Waals surface area contributed by atoms with Crippen LogP contribution in [-0.4, -0.2) is 22.5 Å². The predicted molar refractivity (Wildman–Crippen MR) is 37.4 cm³/mol.